The molecule has 1 aromatic heterocycles. The zero-order chi connectivity index (χ0) is 24.0. The van der Waals surface area contributed by atoms with E-state index >= 15 is 0 Å². The van der Waals surface area contributed by atoms with Crippen LogP contribution in [-0.4, -0.2) is 63.1 Å². The monoisotopic (exact) mass is 482 g/mol. The van der Waals surface area contributed by atoms with E-state index in [0.29, 0.717) is 10.6 Å². The number of nitrogens with zero attached hydrogens (tertiary/aromatic N) is 1. The molecule has 1 heterocycles. The first-order chi connectivity index (χ1) is 15.1. The average Bonchev–Trinajstić information content (AvgIpc) is 3.06. The van der Waals surface area contributed by atoms with Crippen LogP contribution in [0.25, 0.3) is 0 Å². The Kier molecular flexibility index (Phi) is 8.62. The van der Waals surface area contributed by atoms with Crippen LogP contribution in [0.4, 0.5) is 5.00 Å². The Balaban J connectivity index is 2.21. The molecule has 11 heteroatoms. The Hall–Kier alpha value is -3.11. The van der Waals surface area contributed by atoms with Crippen LogP contribution in [0, 0.1) is 6.92 Å². The average molecular weight is 483 g/mol. The molecule has 0 aliphatic rings. The number of ether oxygens (including phenoxy) is 3. The first-order valence-corrected chi connectivity index (χ1v) is 10.6. The van der Waals surface area contributed by atoms with Crippen LogP contribution in [0.3, 0.4) is 0 Å². The molecule has 0 saturated carbocycles. The molecule has 0 radical (unpaired) electrons. The molecule has 0 fully saturated rings. The van der Waals surface area contributed by atoms with Gasteiger partial charge in [-0.15, -0.1) is 11.3 Å². The molecular formula is C21H23ClN2O7S. The second-order valence-electron chi connectivity index (χ2n) is 6.65. The van der Waals surface area contributed by atoms with Crippen LogP contribution in [0.15, 0.2) is 18.2 Å². The second kappa shape index (κ2) is 11.0. The predicted molar refractivity (Wildman–Crippen MR) is 120 cm³/mol. The van der Waals surface area contributed by atoms with E-state index in [4.69, 9.17) is 25.8 Å². The maximum atomic E-state index is 12.4. The number of carbonyl (C=O) groups is 4. The summed E-state index contributed by atoms with van der Waals surface area (Å²) in [5.41, 5.74) is 0.534. The zero-order valence-electron chi connectivity index (χ0n) is 18.2. The summed E-state index contributed by atoms with van der Waals surface area (Å²) in [5, 5.41) is 2.96. The van der Waals surface area contributed by atoms with E-state index in [9.17, 15) is 19.2 Å². The lowest BCUT2D eigenvalue weighted by Gasteiger charge is -2.10. The molecule has 0 atom stereocenters. The molecule has 172 valence electrons. The van der Waals surface area contributed by atoms with Crippen molar-refractivity contribution in [2.45, 2.75) is 13.8 Å². The van der Waals surface area contributed by atoms with E-state index in [0.717, 1.165) is 11.3 Å². The minimum Gasteiger partial charge on any atom is -0.496 e. The Morgan fingerprint density at radius 2 is 1.81 bits per heavy atom. The largest absolute Gasteiger partial charge is 0.496 e. The first-order valence-electron chi connectivity index (χ1n) is 9.43. The third-order valence-corrected chi connectivity index (χ3v) is 5.63. The highest BCUT2D eigenvalue weighted by Gasteiger charge is 2.27. The zero-order valence-corrected chi connectivity index (χ0v) is 19.8. The van der Waals surface area contributed by atoms with Gasteiger partial charge in [0, 0.05) is 19.1 Å². The molecule has 1 N–H and O–H groups in total. The SMILES string of the molecule is CCOC(=O)c1c(NC(=O)COC(=O)c2cc(Cl)ccc2OC)sc(C(=O)N(C)C)c1C. The number of carbonyl (C=O) groups excluding carboxylic acids is 4. The first kappa shape index (κ1) is 25.2. The van der Waals surface area contributed by atoms with Crippen molar-refractivity contribution in [3.8, 4) is 5.75 Å². The summed E-state index contributed by atoms with van der Waals surface area (Å²) in [6, 6.07) is 4.41. The van der Waals surface area contributed by atoms with Gasteiger partial charge in [0.05, 0.1) is 24.2 Å². The van der Waals surface area contributed by atoms with E-state index in [1.165, 1.54) is 24.1 Å². The molecule has 2 amide bonds. The number of methoxy groups -OCH3 is 1. The quantitative estimate of drug-likeness (QED) is 0.574. The Bertz CT molecular complexity index is 1050. The molecule has 0 aliphatic carbocycles. The van der Waals surface area contributed by atoms with Crippen LogP contribution >= 0.6 is 22.9 Å². The van der Waals surface area contributed by atoms with Crippen molar-refractivity contribution < 1.29 is 33.4 Å². The van der Waals surface area contributed by atoms with E-state index in [2.05, 4.69) is 5.32 Å². The Morgan fingerprint density at radius 1 is 1.12 bits per heavy atom. The Morgan fingerprint density at radius 3 is 2.41 bits per heavy atom. The molecule has 0 saturated heterocycles. The summed E-state index contributed by atoms with van der Waals surface area (Å²) in [4.78, 5) is 51.3. The highest BCUT2D eigenvalue weighted by Crippen LogP contribution is 2.34. The van der Waals surface area contributed by atoms with Crippen LogP contribution < -0.4 is 10.1 Å². The lowest BCUT2D eigenvalue weighted by atomic mass is 10.1. The summed E-state index contributed by atoms with van der Waals surface area (Å²) in [6.45, 7) is 2.73. The molecule has 32 heavy (non-hydrogen) atoms. The van der Waals surface area contributed by atoms with Gasteiger partial charge in [0.2, 0.25) is 0 Å². The molecular weight excluding hydrogens is 460 g/mol. The number of benzene rings is 1. The smallest absolute Gasteiger partial charge is 0.342 e. The molecule has 2 rings (SSSR count). The maximum Gasteiger partial charge on any atom is 0.342 e. The van der Waals surface area contributed by atoms with E-state index in [-0.39, 0.29) is 39.3 Å². The van der Waals surface area contributed by atoms with Gasteiger partial charge in [-0.2, -0.15) is 0 Å². The fourth-order valence-corrected chi connectivity index (χ4v) is 4.07. The fourth-order valence-electron chi connectivity index (χ4n) is 2.67. The number of nitrogens with one attached hydrogen (secondary N) is 1. The third-order valence-electron chi connectivity index (χ3n) is 4.20. The maximum absolute atomic E-state index is 12.4. The van der Waals surface area contributed by atoms with Gasteiger partial charge in [-0.25, -0.2) is 9.59 Å². The third kappa shape index (κ3) is 5.77. The summed E-state index contributed by atoms with van der Waals surface area (Å²) >= 11 is 6.85. The number of hydrogen-bond acceptors (Lipinski definition) is 8. The minimum atomic E-state index is -0.809. The summed E-state index contributed by atoms with van der Waals surface area (Å²) < 4.78 is 15.2. The number of halogens is 1. The van der Waals surface area contributed by atoms with Gasteiger partial charge < -0.3 is 24.4 Å². The van der Waals surface area contributed by atoms with Crippen LogP contribution in [0.2, 0.25) is 5.02 Å². The van der Waals surface area contributed by atoms with Gasteiger partial charge in [0.25, 0.3) is 11.8 Å². The van der Waals surface area contributed by atoms with Crippen molar-refractivity contribution >= 4 is 51.7 Å². The molecule has 2 aromatic rings. The van der Waals surface area contributed by atoms with Gasteiger partial charge in [0.1, 0.15) is 16.3 Å². The molecule has 1 aromatic carbocycles. The number of anilines is 1. The lowest BCUT2D eigenvalue weighted by Crippen LogP contribution is -2.22. The summed E-state index contributed by atoms with van der Waals surface area (Å²) in [7, 11) is 4.54. The van der Waals surface area contributed by atoms with Crippen molar-refractivity contribution in [3.05, 3.63) is 44.8 Å². The number of hydrogen-bond donors (Lipinski definition) is 1. The van der Waals surface area contributed by atoms with Crippen LogP contribution in [-0.2, 0) is 14.3 Å². The van der Waals surface area contributed by atoms with Crippen molar-refractivity contribution in [1.82, 2.24) is 4.90 Å². The summed E-state index contributed by atoms with van der Waals surface area (Å²) in [6.07, 6.45) is 0. The number of thiophene rings is 1. The second-order valence-corrected chi connectivity index (χ2v) is 8.11. The minimum absolute atomic E-state index is 0.0610. The van der Waals surface area contributed by atoms with Crippen molar-refractivity contribution in [1.29, 1.82) is 0 Å². The number of amides is 2. The molecule has 0 bridgehead atoms. The van der Waals surface area contributed by atoms with Crippen LogP contribution in [0.5, 0.6) is 5.75 Å². The summed E-state index contributed by atoms with van der Waals surface area (Å²) in [5.74, 6) is -2.26. The topological polar surface area (TPSA) is 111 Å². The van der Waals surface area contributed by atoms with E-state index < -0.39 is 24.5 Å². The number of esters is 2. The molecule has 0 unspecified atom stereocenters. The van der Waals surface area contributed by atoms with Crippen molar-refractivity contribution in [2.75, 3.05) is 39.7 Å². The fraction of sp³-hybridized carbons (Fsp3) is 0.333. The van der Waals surface area contributed by atoms with Gasteiger partial charge >= 0.3 is 11.9 Å². The predicted octanol–water partition coefficient (Wildman–Crippen LogP) is 3.39. The highest BCUT2D eigenvalue weighted by molar-refractivity contribution is 7.18. The van der Waals surface area contributed by atoms with Crippen molar-refractivity contribution in [2.24, 2.45) is 0 Å². The molecule has 0 spiro atoms. The van der Waals surface area contributed by atoms with E-state index in [1.54, 1.807) is 34.0 Å². The van der Waals surface area contributed by atoms with Gasteiger partial charge in [-0.1, -0.05) is 11.6 Å². The van der Waals surface area contributed by atoms with Gasteiger partial charge in [-0.05, 0) is 37.6 Å². The Labute approximate surface area is 194 Å². The van der Waals surface area contributed by atoms with Gasteiger partial charge in [0.15, 0.2) is 6.61 Å². The normalized spacial score (nSPS) is 10.3. The van der Waals surface area contributed by atoms with Gasteiger partial charge in [-0.3, -0.25) is 9.59 Å². The molecule has 0 aliphatic heterocycles. The highest BCUT2D eigenvalue weighted by atomic mass is 35.5. The molecule has 9 nitrogen and oxygen atoms in total. The standard InChI is InChI=1S/C21H23ClN2O7S/c1-6-30-21(28)16-11(2)17(19(26)24(3)4)32-18(16)23-15(25)10-31-20(27)13-9-12(22)7-8-14(13)29-5/h7-9H,6,10H2,1-5H3,(H,23,25). The van der Waals surface area contributed by atoms with E-state index in [1.807, 2.05) is 0 Å². The van der Waals surface area contributed by atoms with Crippen molar-refractivity contribution in [3.63, 3.8) is 0 Å². The van der Waals surface area contributed by atoms with Crippen LogP contribution in [0.1, 0.15) is 42.9 Å². The lowest BCUT2D eigenvalue weighted by molar-refractivity contribution is -0.119. The number of rotatable bonds is 8.